The van der Waals surface area contributed by atoms with E-state index in [1.807, 2.05) is 0 Å². The smallest absolute Gasteiger partial charge is 0.130 e. The molecule has 0 bridgehead atoms. The summed E-state index contributed by atoms with van der Waals surface area (Å²) >= 11 is 0. The van der Waals surface area contributed by atoms with E-state index in [9.17, 15) is 0 Å². The minimum absolute atomic E-state index is 0.561. The lowest BCUT2D eigenvalue weighted by Gasteiger charge is -2.30. The van der Waals surface area contributed by atoms with Crippen molar-refractivity contribution < 1.29 is 0 Å². The molecule has 0 aliphatic carbocycles. The van der Waals surface area contributed by atoms with Crippen LogP contribution in [0.25, 0.3) is 0 Å². The van der Waals surface area contributed by atoms with Crippen molar-refractivity contribution in [3.63, 3.8) is 0 Å². The number of hydrogen-bond acceptors (Lipinski definition) is 2. The SMILES string of the molecule is Cc1nn(C)c(N2CCCCC2)c1C(C)C. The summed E-state index contributed by atoms with van der Waals surface area (Å²) in [5.74, 6) is 1.91. The van der Waals surface area contributed by atoms with Gasteiger partial charge < -0.3 is 4.90 Å². The molecule has 1 saturated heterocycles. The molecule has 1 aliphatic heterocycles. The third-order valence-corrected chi connectivity index (χ3v) is 3.47. The monoisotopic (exact) mass is 221 g/mol. The molecule has 1 aromatic rings. The van der Waals surface area contributed by atoms with Crippen molar-refractivity contribution in [2.75, 3.05) is 18.0 Å². The maximum Gasteiger partial charge on any atom is 0.130 e. The molecule has 0 atom stereocenters. The van der Waals surface area contributed by atoms with Crippen molar-refractivity contribution in [2.45, 2.75) is 46.0 Å². The molecule has 1 fully saturated rings. The van der Waals surface area contributed by atoms with E-state index in [1.54, 1.807) is 0 Å². The maximum absolute atomic E-state index is 4.58. The summed E-state index contributed by atoms with van der Waals surface area (Å²) in [6, 6.07) is 0. The van der Waals surface area contributed by atoms with Crippen LogP contribution in [0, 0.1) is 6.92 Å². The highest BCUT2D eigenvalue weighted by Crippen LogP contribution is 2.31. The van der Waals surface area contributed by atoms with Crippen LogP contribution < -0.4 is 4.90 Å². The van der Waals surface area contributed by atoms with Gasteiger partial charge in [0.05, 0.1) is 5.69 Å². The summed E-state index contributed by atoms with van der Waals surface area (Å²) in [5, 5.41) is 4.58. The van der Waals surface area contributed by atoms with E-state index >= 15 is 0 Å². The third-order valence-electron chi connectivity index (χ3n) is 3.47. The van der Waals surface area contributed by atoms with Crippen LogP contribution in [-0.4, -0.2) is 22.9 Å². The van der Waals surface area contributed by atoms with Crippen LogP contribution >= 0.6 is 0 Å². The molecule has 0 saturated carbocycles. The standard InChI is InChI=1S/C13H23N3/c1-10(2)12-11(3)14-15(4)13(12)16-8-6-5-7-9-16/h10H,5-9H2,1-4H3. The van der Waals surface area contributed by atoms with Crippen molar-refractivity contribution in [2.24, 2.45) is 7.05 Å². The zero-order chi connectivity index (χ0) is 11.7. The molecular weight excluding hydrogens is 198 g/mol. The Hall–Kier alpha value is -0.990. The van der Waals surface area contributed by atoms with Gasteiger partial charge in [-0.2, -0.15) is 5.10 Å². The second-order valence-corrected chi connectivity index (χ2v) is 5.15. The van der Waals surface area contributed by atoms with Crippen LogP contribution in [0.2, 0.25) is 0 Å². The second kappa shape index (κ2) is 4.48. The molecule has 0 N–H and O–H groups in total. The molecule has 90 valence electrons. The van der Waals surface area contributed by atoms with Gasteiger partial charge in [-0.1, -0.05) is 13.8 Å². The van der Waals surface area contributed by atoms with Gasteiger partial charge in [-0.3, -0.25) is 4.68 Å². The van der Waals surface area contributed by atoms with E-state index in [-0.39, 0.29) is 0 Å². The third kappa shape index (κ3) is 1.95. The van der Waals surface area contributed by atoms with E-state index in [2.05, 4.69) is 42.5 Å². The van der Waals surface area contributed by atoms with Gasteiger partial charge in [0.1, 0.15) is 5.82 Å². The van der Waals surface area contributed by atoms with Crippen molar-refractivity contribution in [3.8, 4) is 0 Å². The van der Waals surface area contributed by atoms with Crippen LogP contribution in [0.4, 0.5) is 5.82 Å². The fraction of sp³-hybridized carbons (Fsp3) is 0.769. The van der Waals surface area contributed by atoms with Gasteiger partial charge in [0.2, 0.25) is 0 Å². The Morgan fingerprint density at radius 1 is 1.12 bits per heavy atom. The highest BCUT2D eigenvalue weighted by molar-refractivity contribution is 5.52. The Bertz CT molecular complexity index is 359. The predicted molar refractivity (Wildman–Crippen MR) is 68.1 cm³/mol. The number of aryl methyl sites for hydroxylation is 2. The van der Waals surface area contributed by atoms with Gasteiger partial charge in [0.15, 0.2) is 0 Å². The number of aromatic nitrogens is 2. The van der Waals surface area contributed by atoms with Crippen LogP contribution in [0.1, 0.15) is 50.3 Å². The molecule has 0 amide bonds. The molecule has 0 spiro atoms. The van der Waals surface area contributed by atoms with Crippen molar-refractivity contribution in [1.82, 2.24) is 9.78 Å². The van der Waals surface area contributed by atoms with E-state index < -0.39 is 0 Å². The zero-order valence-electron chi connectivity index (χ0n) is 11.0. The molecule has 1 aliphatic rings. The quantitative estimate of drug-likeness (QED) is 0.765. The fourth-order valence-electron chi connectivity index (χ4n) is 2.82. The van der Waals surface area contributed by atoms with E-state index in [1.165, 1.54) is 49.4 Å². The van der Waals surface area contributed by atoms with Crippen molar-refractivity contribution in [3.05, 3.63) is 11.3 Å². The van der Waals surface area contributed by atoms with Crippen LogP contribution in [-0.2, 0) is 7.05 Å². The van der Waals surface area contributed by atoms with Gasteiger partial charge in [0.25, 0.3) is 0 Å². The first-order valence-corrected chi connectivity index (χ1v) is 6.39. The first-order chi connectivity index (χ1) is 7.61. The lowest BCUT2D eigenvalue weighted by atomic mass is 10.0. The topological polar surface area (TPSA) is 21.1 Å². The molecule has 2 rings (SSSR count). The minimum Gasteiger partial charge on any atom is -0.357 e. The van der Waals surface area contributed by atoms with Crippen LogP contribution in [0.3, 0.4) is 0 Å². The number of nitrogens with zero attached hydrogens (tertiary/aromatic N) is 3. The first-order valence-electron chi connectivity index (χ1n) is 6.39. The largest absolute Gasteiger partial charge is 0.357 e. The molecular formula is C13H23N3. The van der Waals surface area contributed by atoms with Gasteiger partial charge in [-0.05, 0) is 32.1 Å². The van der Waals surface area contributed by atoms with E-state index in [0.29, 0.717) is 5.92 Å². The summed E-state index contributed by atoms with van der Waals surface area (Å²) in [6.07, 6.45) is 4.02. The van der Waals surface area contributed by atoms with Gasteiger partial charge >= 0.3 is 0 Å². The molecule has 1 aromatic heterocycles. The molecule has 0 unspecified atom stereocenters. The number of rotatable bonds is 2. The average Bonchev–Trinajstić information content (AvgIpc) is 2.55. The summed E-state index contributed by atoms with van der Waals surface area (Å²) in [7, 11) is 2.07. The highest BCUT2D eigenvalue weighted by atomic mass is 15.4. The Labute approximate surface area is 98.4 Å². The Morgan fingerprint density at radius 2 is 1.75 bits per heavy atom. The van der Waals surface area contributed by atoms with Crippen LogP contribution in [0.15, 0.2) is 0 Å². The number of anilines is 1. The molecule has 0 aromatic carbocycles. The molecule has 2 heterocycles. The van der Waals surface area contributed by atoms with E-state index in [4.69, 9.17) is 0 Å². The molecule has 3 heteroatoms. The molecule has 3 nitrogen and oxygen atoms in total. The van der Waals surface area contributed by atoms with Gasteiger partial charge in [0, 0.05) is 25.7 Å². The zero-order valence-corrected chi connectivity index (χ0v) is 11.0. The molecule has 0 radical (unpaired) electrons. The van der Waals surface area contributed by atoms with Gasteiger partial charge in [-0.25, -0.2) is 0 Å². The second-order valence-electron chi connectivity index (χ2n) is 5.15. The molecule has 16 heavy (non-hydrogen) atoms. The fourth-order valence-corrected chi connectivity index (χ4v) is 2.82. The number of piperidine rings is 1. The Balaban J connectivity index is 2.37. The van der Waals surface area contributed by atoms with Crippen molar-refractivity contribution in [1.29, 1.82) is 0 Å². The summed E-state index contributed by atoms with van der Waals surface area (Å²) in [6.45, 7) is 9.04. The maximum atomic E-state index is 4.58. The average molecular weight is 221 g/mol. The summed E-state index contributed by atoms with van der Waals surface area (Å²) in [4.78, 5) is 2.51. The predicted octanol–water partition coefficient (Wildman–Crippen LogP) is 2.84. The Kier molecular flexibility index (Phi) is 3.22. The van der Waals surface area contributed by atoms with Crippen molar-refractivity contribution >= 4 is 5.82 Å². The summed E-state index contributed by atoms with van der Waals surface area (Å²) < 4.78 is 2.07. The van der Waals surface area contributed by atoms with Gasteiger partial charge in [-0.15, -0.1) is 0 Å². The lowest BCUT2D eigenvalue weighted by Crippen LogP contribution is -2.32. The summed E-state index contributed by atoms with van der Waals surface area (Å²) in [5.41, 5.74) is 2.63. The lowest BCUT2D eigenvalue weighted by molar-refractivity contribution is 0.558. The van der Waals surface area contributed by atoms with Crippen LogP contribution in [0.5, 0.6) is 0 Å². The normalized spacial score (nSPS) is 17.2. The Morgan fingerprint density at radius 3 is 2.31 bits per heavy atom. The number of hydrogen-bond donors (Lipinski definition) is 0. The highest BCUT2D eigenvalue weighted by Gasteiger charge is 2.22. The first kappa shape index (κ1) is 11.5. The van der Waals surface area contributed by atoms with E-state index in [0.717, 1.165) is 0 Å². The minimum atomic E-state index is 0.561.